The van der Waals surface area contributed by atoms with Crippen molar-refractivity contribution >= 4 is 11.9 Å². The van der Waals surface area contributed by atoms with Crippen molar-refractivity contribution in [1.82, 2.24) is 20.3 Å². The predicted molar refractivity (Wildman–Crippen MR) is 69.9 cm³/mol. The molecule has 1 aromatic rings. The highest BCUT2D eigenvalue weighted by Crippen LogP contribution is 2.37. The second-order valence-electron chi connectivity index (χ2n) is 5.13. The molecule has 0 bridgehead atoms. The molecule has 110 valence electrons. The summed E-state index contributed by atoms with van der Waals surface area (Å²) in [7, 11) is 0. The van der Waals surface area contributed by atoms with Crippen molar-refractivity contribution in [2.24, 2.45) is 11.1 Å². The van der Waals surface area contributed by atoms with Crippen LogP contribution in [-0.2, 0) is 11.3 Å². The Labute approximate surface area is 116 Å². The van der Waals surface area contributed by atoms with Crippen LogP contribution in [0.4, 0.5) is 0 Å². The molecule has 0 atom stereocenters. The number of nitrogens with two attached hydrogens (primary N) is 1. The van der Waals surface area contributed by atoms with Crippen molar-refractivity contribution in [1.29, 1.82) is 0 Å². The molecule has 1 aliphatic rings. The summed E-state index contributed by atoms with van der Waals surface area (Å²) in [4.78, 5) is 23.3. The van der Waals surface area contributed by atoms with Gasteiger partial charge in [0.25, 0.3) is 5.91 Å². The summed E-state index contributed by atoms with van der Waals surface area (Å²) in [6.45, 7) is 1.02. The maximum atomic E-state index is 11.9. The maximum absolute atomic E-state index is 11.9. The van der Waals surface area contributed by atoms with Gasteiger partial charge in [-0.05, 0) is 12.8 Å². The van der Waals surface area contributed by atoms with E-state index < -0.39 is 17.3 Å². The Kier molecular flexibility index (Phi) is 4.33. The summed E-state index contributed by atoms with van der Waals surface area (Å²) in [5.74, 6) is -1.25. The molecule has 4 N–H and O–H groups in total. The molecule has 0 unspecified atom stereocenters. The van der Waals surface area contributed by atoms with Crippen LogP contribution >= 0.6 is 0 Å². The van der Waals surface area contributed by atoms with E-state index in [1.807, 2.05) is 0 Å². The zero-order valence-corrected chi connectivity index (χ0v) is 11.2. The van der Waals surface area contributed by atoms with Gasteiger partial charge in [0.1, 0.15) is 0 Å². The van der Waals surface area contributed by atoms with Gasteiger partial charge in [0.2, 0.25) is 0 Å². The lowest BCUT2D eigenvalue weighted by atomic mass is 9.86. The summed E-state index contributed by atoms with van der Waals surface area (Å²) < 4.78 is 1.48. The first-order valence-corrected chi connectivity index (χ1v) is 6.69. The van der Waals surface area contributed by atoms with Gasteiger partial charge < -0.3 is 16.2 Å². The zero-order chi connectivity index (χ0) is 14.6. The summed E-state index contributed by atoms with van der Waals surface area (Å²) in [5, 5.41) is 19.5. The van der Waals surface area contributed by atoms with Gasteiger partial charge in [-0.25, -0.2) is 0 Å². The molecular weight excluding hydrogens is 262 g/mol. The molecule has 0 spiro atoms. The van der Waals surface area contributed by atoms with E-state index in [-0.39, 0.29) is 12.2 Å². The zero-order valence-electron chi connectivity index (χ0n) is 11.2. The first kappa shape index (κ1) is 14.4. The van der Waals surface area contributed by atoms with Gasteiger partial charge in [0.15, 0.2) is 5.69 Å². The Morgan fingerprint density at radius 1 is 1.45 bits per heavy atom. The number of carbonyl (C=O) groups is 2. The van der Waals surface area contributed by atoms with Gasteiger partial charge in [0, 0.05) is 13.1 Å². The van der Waals surface area contributed by atoms with Crippen molar-refractivity contribution in [2.75, 3.05) is 13.1 Å². The van der Waals surface area contributed by atoms with Gasteiger partial charge in [-0.2, -0.15) is 0 Å². The van der Waals surface area contributed by atoms with Gasteiger partial charge in [-0.15, -0.1) is 5.10 Å². The van der Waals surface area contributed by atoms with Gasteiger partial charge in [-0.1, -0.05) is 18.1 Å². The Hall–Kier alpha value is -1.96. The van der Waals surface area contributed by atoms with E-state index in [4.69, 9.17) is 5.73 Å². The quantitative estimate of drug-likeness (QED) is 0.652. The van der Waals surface area contributed by atoms with Crippen LogP contribution in [0.5, 0.6) is 0 Å². The van der Waals surface area contributed by atoms with Crippen molar-refractivity contribution in [3.05, 3.63) is 11.9 Å². The van der Waals surface area contributed by atoms with E-state index in [0.29, 0.717) is 25.9 Å². The van der Waals surface area contributed by atoms with Crippen LogP contribution in [0.2, 0.25) is 0 Å². The third-order valence-corrected chi connectivity index (χ3v) is 3.73. The Morgan fingerprint density at radius 2 is 2.15 bits per heavy atom. The van der Waals surface area contributed by atoms with Crippen molar-refractivity contribution < 1.29 is 14.7 Å². The van der Waals surface area contributed by atoms with Crippen LogP contribution in [0.3, 0.4) is 0 Å². The lowest BCUT2D eigenvalue weighted by Crippen LogP contribution is -2.41. The number of carbonyl (C=O) groups excluding carboxylic acids is 1. The maximum Gasteiger partial charge on any atom is 0.311 e. The number of carboxylic acid groups (broad SMARTS) is 1. The molecule has 1 heterocycles. The Morgan fingerprint density at radius 3 is 2.75 bits per heavy atom. The second-order valence-corrected chi connectivity index (χ2v) is 5.13. The van der Waals surface area contributed by atoms with Gasteiger partial charge in [-0.3, -0.25) is 14.3 Å². The third kappa shape index (κ3) is 2.96. The van der Waals surface area contributed by atoms with Gasteiger partial charge in [0.05, 0.1) is 18.2 Å². The topological polar surface area (TPSA) is 123 Å². The SMILES string of the molecule is NCCn1cc(C(=O)NCC2(C(=O)O)CCCC2)nn1. The molecule has 20 heavy (non-hydrogen) atoms. The summed E-state index contributed by atoms with van der Waals surface area (Å²) >= 11 is 0. The fraction of sp³-hybridized carbons (Fsp3) is 0.667. The number of rotatable bonds is 6. The van der Waals surface area contributed by atoms with Crippen LogP contribution in [0.1, 0.15) is 36.2 Å². The standard InChI is InChI=1S/C12H19N5O3/c13-5-6-17-7-9(15-16-17)10(18)14-8-12(11(19)20)3-1-2-4-12/h7H,1-6,8,13H2,(H,14,18)(H,19,20). The minimum atomic E-state index is -0.845. The van der Waals surface area contributed by atoms with Crippen LogP contribution in [-0.4, -0.2) is 45.1 Å². The minimum absolute atomic E-state index is 0.130. The number of hydrogen-bond acceptors (Lipinski definition) is 5. The normalized spacial score (nSPS) is 17.1. The highest BCUT2D eigenvalue weighted by atomic mass is 16.4. The number of hydrogen-bond donors (Lipinski definition) is 3. The average Bonchev–Trinajstić information content (AvgIpc) is 3.06. The Balaban J connectivity index is 1.95. The van der Waals surface area contributed by atoms with E-state index in [2.05, 4.69) is 15.6 Å². The smallest absolute Gasteiger partial charge is 0.311 e. The van der Waals surface area contributed by atoms with Crippen molar-refractivity contribution in [3.8, 4) is 0 Å². The van der Waals surface area contributed by atoms with E-state index in [9.17, 15) is 14.7 Å². The van der Waals surface area contributed by atoms with Crippen LogP contribution in [0, 0.1) is 5.41 Å². The molecular formula is C12H19N5O3. The van der Waals surface area contributed by atoms with Gasteiger partial charge >= 0.3 is 5.97 Å². The number of aliphatic carboxylic acids is 1. The van der Waals surface area contributed by atoms with Crippen molar-refractivity contribution in [2.45, 2.75) is 32.2 Å². The lowest BCUT2D eigenvalue weighted by molar-refractivity contribution is -0.148. The fourth-order valence-corrected chi connectivity index (χ4v) is 2.50. The van der Waals surface area contributed by atoms with Crippen LogP contribution < -0.4 is 11.1 Å². The average molecular weight is 281 g/mol. The number of nitrogens with zero attached hydrogens (tertiary/aromatic N) is 3. The predicted octanol–water partition coefficient (Wildman–Crippen LogP) is -0.388. The first-order chi connectivity index (χ1) is 9.57. The number of nitrogens with one attached hydrogen (secondary N) is 1. The molecule has 0 radical (unpaired) electrons. The molecule has 1 aromatic heterocycles. The largest absolute Gasteiger partial charge is 0.481 e. The molecule has 8 nitrogen and oxygen atoms in total. The van der Waals surface area contributed by atoms with E-state index in [0.717, 1.165) is 12.8 Å². The second kappa shape index (κ2) is 6.00. The molecule has 2 rings (SSSR count). The molecule has 8 heteroatoms. The van der Waals surface area contributed by atoms with E-state index in [1.54, 1.807) is 0 Å². The van der Waals surface area contributed by atoms with Crippen molar-refractivity contribution in [3.63, 3.8) is 0 Å². The first-order valence-electron chi connectivity index (χ1n) is 6.69. The summed E-state index contributed by atoms with van der Waals surface area (Å²) in [6, 6.07) is 0. The molecule has 1 aliphatic carbocycles. The summed E-state index contributed by atoms with van der Waals surface area (Å²) in [5.41, 5.74) is 4.73. The Bertz CT molecular complexity index is 493. The fourth-order valence-electron chi connectivity index (χ4n) is 2.50. The number of aromatic nitrogens is 3. The highest BCUT2D eigenvalue weighted by Gasteiger charge is 2.41. The lowest BCUT2D eigenvalue weighted by Gasteiger charge is -2.23. The summed E-state index contributed by atoms with van der Waals surface area (Å²) in [6.07, 6.45) is 4.47. The molecule has 1 fully saturated rings. The molecule has 0 aromatic carbocycles. The van der Waals surface area contributed by atoms with E-state index >= 15 is 0 Å². The number of amides is 1. The monoisotopic (exact) mass is 281 g/mol. The minimum Gasteiger partial charge on any atom is -0.481 e. The molecule has 0 aliphatic heterocycles. The van der Waals surface area contributed by atoms with E-state index in [1.165, 1.54) is 10.9 Å². The molecule has 0 saturated heterocycles. The third-order valence-electron chi connectivity index (χ3n) is 3.73. The number of carboxylic acids is 1. The molecule has 1 amide bonds. The molecule has 1 saturated carbocycles. The highest BCUT2D eigenvalue weighted by molar-refractivity contribution is 5.92. The van der Waals surface area contributed by atoms with Crippen LogP contribution in [0.15, 0.2) is 6.20 Å². The van der Waals surface area contributed by atoms with Crippen LogP contribution in [0.25, 0.3) is 0 Å².